The lowest BCUT2D eigenvalue weighted by Crippen LogP contribution is -2.53. The molecule has 0 spiro atoms. The van der Waals surface area contributed by atoms with Crippen LogP contribution >= 0.6 is 0 Å². The fraction of sp³-hybridized carbons (Fsp3) is 0.909. The molecule has 2 aliphatic rings. The summed E-state index contributed by atoms with van der Waals surface area (Å²) in [6, 6.07) is 0. The van der Waals surface area contributed by atoms with Crippen LogP contribution in [0.25, 0.3) is 0 Å². The van der Waals surface area contributed by atoms with E-state index in [9.17, 15) is 18.3 Å². The maximum Gasteiger partial charge on any atom is 0.451 e. The van der Waals surface area contributed by atoms with Gasteiger partial charge in [-0.15, -0.1) is 0 Å². The summed E-state index contributed by atoms with van der Waals surface area (Å²) in [6.07, 6.45) is 1.14. The molecule has 0 aromatic carbocycles. The van der Waals surface area contributed by atoms with Gasteiger partial charge in [0.15, 0.2) is 0 Å². The Bertz CT molecular complexity index is 544. The van der Waals surface area contributed by atoms with Gasteiger partial charge in [-0.05, 0) is 36.9 Å². The Morgan fingerprint density at radius 2 is 2.00 bits per heavy atom. The third-order valence-corrected chi connectivity index (χ3v) is 5.99. The van der Waals surface area contributed by atoms with Gasteiger partial charge in [-0.1, -0.05) is 6.42 Å². The summed E-state index contributed by atoms with van der Waals surface area (Å²) in [5, 5.41) is 32.4. The van der Waals surface area contributed by atoms with Crippen molar-refractivity contribution in [2.24, 2.45) is 28.6 Å². The zero-order valence-corrected chi connectivity index (χ0v) is 12.9. The number of hydrogen-bond donors (Lipinski definition) is 5. The molecule has 4 atom stereocenters. The first-order valence-electron chi connectivity index (χ1n) is 7.22. The molecule has 1 saturated carbocycles. The Hall–Kier alpha value is -0.715. The van der Waals surface area contributed by atoms with Gasteiger partial charge in [-0.3, -0.25) is 4.79 Å². The van der Waals surface area contributed by atoms with Crippen molar-refractivity contribution in [2.75, 3.05) is 13.1 Å². The van der Waals surface area contributed by atoms with Gasteiger partial charge in [-0.25, -0.2) is 5.14 Å². The van der Waals surface area contributed by atoms with Crippen LogP contribution < -0.4 is 10.9 Å². The van der Waals surface area contributed by atoms with Crippen LogP contribution in [0.5, 0.6) is 0 Å². The zero-order chi connectivity index (χ0) is 16.7. The summed E-state index contributed by atoms with van der Waals surface area (Å²) in [5.74, 6) is -1.82. The summed E-state index contributed by atoms with van der Waals surface area (Å²) >= 11 is 0. The Labute approximate surface area is 129 Å². The Kier molecular flexibility index (Phi) is 4.86. The molecule has 1 saturated heterocycles. The molecule has 11 heteroatoms. The first-order chi connectivity index (χ1) is 10.1. The van der Waals surface area contributed by atoms with E-state index in [1.54, 1.807) is 0 Å². The number of rotatable bonds is 6. The van der Waals surface area contributed by atoms with Crippen molar-refractivity contribution in [3.8, 4) is 0 Å². The van der Waals surface area contributed by atoms with E-state index in [0.717, 1.165) is 4.31 Å². The predicted octanol–water partition coefficient (Wildman–Crippen LogP) is -2.21. The lowest BCUT2D eigenvalue weighted by Gasteiger charge is -2.31. The highest BCUT2D eigenvalue weighted by Gasteiger charge is 2.58. The number of hydrogen-bond acceptors (Lipinski definition) is 6. The Morgan fingerprint density at radius 3 is 2.50 bits per heavy atom. The molecule has 1 aliphatic carbocycles. The second-order valence-corrected chi connectivity index (χ2v) is 7.90. The highest BCUT2D eigenvalue weighted by atomic mass is 32.2. The first-order valence-corrected chi connectivity index (χ1v) is 8.72. The van der Waals surface area contributed by atoms with E-state index in [1.165, 1.54) is 0 Å². The SMILES string of the molecule is NC1(C(=O)O)CC2CN(S(N)(=O)=O)CC2C1CCCB(O)O. The molecule has 4 unspecified atom stereocenters. The van der Waals surface area contributed by atoms with Crippen LogP contribution in [0.2, 0.25) is 6.32 Å². The molecule has 9 nitrogen and oxygen atoms in total. The Morgan fingerprint density at radius 1 is 1.36 bits per heavy atom. The van der Waals surface area contributed by atoms with Crippen molar-refractivity contribution in [1.82, 2.24) is 4.31 Å². The lowest BCUT2D eigenvalue weighted by atomic mass is 9.76. The normalized spacial score (nSPS) is 35.5. The van der Waals surface area contributed by atoms with Gasteiger partial charge in [-0.2, -0.15) is 12.7 Å². The summed E-state index contributed by atoms with van der Waals surface area (Å²) in [7, 11) is -5.24. The Balaban J connectivity index is 2.15. The topological polar surface area (TPSA) is 167 Å². The molecule has 0 bridgehead atoms. The fourth-order valence-electron chi connectivity index (χ4n) is 3.94. The molecule has 126 valence electrons. The van der Waals surface area contributed by atoms with Crippen LogP contribution in [0.1, 0.15) is 19.3 Å². The van der Waals surface area contributed by atoms with E-state index in [-0.39, 0.29) is 37.7 Å². The van der Waals surface area contributed by atoms with Crippen LogP contribution in [-0.4, -0.2) is 59.6 Å². The molecule has 22 heavy (non-hydrogen) atoms. The summed E-state index contributed by atoms with van der Waals surface area (Å²) in [4.78, 5) is 11.6. The molecule has 0 amide bonds. The predicted molar refractivity (Wildman–Crippen MR) is 78.6 cm³/mol. The van der Waals surface area contributed by atoms with Crippen LogP contribution in [0.15, 0.2) is 0 Å². The minimum absolute atomic E-state index is 0.127. The summed E-state index contributed by atoms with van der Waals surface area (Å²) in [6.45, 7) is 0.358. The number of fused-ring (bicyclic) bond motifs is 1. The van der Waals surface area contributed by atoms with Gasteiger partial charge in [0.2, 0.25) is 0 Å². The molecule has 1 heterocycles. The van der Waals surface area contributed by atoms with Gasteiger partial charge < -0.3 is 20.9 Å². The van der Waals surface area contributed by atoms with Crippen molar-refractivity contribution in [2.45, 2.75) is 31.1 Å². The smallest absolute Gasteiger partial charge is 0.451 e. The minimum atomic E-state index is -3.79. The summed E-state index contributed by atoms with van der Waals surface area (Å²) < 4.78 is 24.1. The average molecular weight is 335 g/mol. The number of carboxylic acid groups (broad SMARTS) is 1. The highest BCUT2D eigenvalue weighted by molar-refractivity contribution is 7.86. The number of nitrogens with zero attached hydrogens (tertiary/aromatic N) is 1. The molecule has 0 radical (unpaired) electrons. The average Bonchev–Trinajstić information content (AvgIpc) is 2.86. The molecule has 2 rings (SSSR count). The zero-order valence-electron chi connectivity index (χ0n) is 12.1. The summed E-state index contributed by atoms with van der Waals surface area (Å²) in [5.41, 5.74) is 4.68. The largest absolute Gasteiger partial charge is 0.480 e. The van der Waals surface area contributed by atoms with E-state index >= 15 is 0 Å². The van der Waals surface area contributed by atoms with E-state index < -0.39 is 34.8 Å². The minimum Gasteiger partial charge on any atom is -0.480 e. The van der Waals surface area contributed by atoms with Crippen molar-refractivity contribution in [3.63, 3.8) is 0 Å². The van der Waals surface area contributed by atoms with Crippen LogP contribution in [0, 0.1) is 17.8 Å². The second kappa shape index (κ2) is 6.06. The second-order valence-electron chi connectivity index (χ2n) is 6.35. The molecular weight excluding hydrogens is 313 g/mol. The van der Waals surface area contributed by atoms with Gasteiger partial charge >= 0.3 is 13.1 Å². The number of aliphatic carboxylic acids is 1. The van der Waals surface area contributed by atoms with E-state index in [4.69, 9.17) is 20.9 Å². The quantitative estimate of drug-likeness (QED) is 0.343. The van der Waals surface area contributed by atoms with E-state index in [1.807, 2.05) is 0 Å². The van der Waals surface area contributed by atoms with Crippen molar-refractivity contribution in [1.29, 1.82) is 0 Å². The lowest BCUT2D eigenvalue weighted by molar-refractivity contribution is -0.145. The standard InChI is InChI=1S/C11H22BN3O6S/c13-11(10(16)17)4-7-5-15(22(14,20)21)6-8(7)9(11)2-1-3-12(18)19/h7-9,18-19H,1-6,13H2,(H,16,17)(H2,14,20,21). The number of nitrogens with two attached hydrogens (primary N) is 2. The molecular formula is C11H22BN3O6S. The highest BCUT2D eigenvalue weighted by Crippen LogP contribution is 2.49. The van der Waals surface area contributed by atoms with Crippen molar-refractivity contribution in [3.05, 3.63) is 0 Å². The van der Waals surface area contributed by atoms with Gasteiger partial charge in [0.1, 0.15) is 5.54 Å². The molecule has 1 aliphatic heterocycles. The number of carboxylic acids is 1. The van der Waals surface area contributed by atoms with Crippen molar-refractivity contribution < 1.29 is 28.4 Å². The van der Waals surface area contributed by atoms with E-state index in [2.05, 4.69) is 0 Å². The molecule has 0 aromatic heterocycles. The van der Waals surface area contributed by atoms with Crippen LogP contribution in [0.4, 0.5) is 0 Å². The van der Waals surface area contributed by atoms with Crippen molar-refractivity contribution >= 4 is 23.3 Å². The van der Waals surface area contributed by atoms with Gasteiger partial charge in [0, 0.05) is 13.1 Å². The monoisotopic (exact) mass is 335 g/mol. The molecule has 0 aromatic rings. The molecule has 2 fully saturated rings. The van der Waals surface area contributed by atoms with Gasteiger partial charge in [0.05, 0.1) is 0 Å². The maximum atomic E-state index is 11.6. The maximum absolute atomic E-state index is 11.6. The third kappa shape index (κ3) is 3.29. The van der Waals surface area contributed by atoms with Crippen LogP contribution in [-0.2, 0) is 15.0 Å². The van der Waals surface area contributed by atoms with Crippen LogP contribution in [0.3, 0.4) is 0 Å². The fourth-order valence-corrected chi connectivity index (χ4v) is 4.72. The first kappa shape index (κ1) is 17.6. The number of carbonyl (C=O) groups is 1. The third-order valence-electron chi connectivity index (χ3n) is 4.97. The van der Waals surface area contributed by atoms with Gasteiger partial charge in [0.25, 0.3) is 10.2 Å². The van der Waals surface area contributed by atoms with E-state index in [0.29, 0.717) is 12.8 Å². The molecule has 7 N–H and O–H groups in total.